The molecule has 0 bridgehead atoms. The van der Waals surface area contributed by atoms with Crippen LogP contribution in [0.1, 0.15) is 16.8 Å². The van der Waals surface area contributed by atoms with E-state index in [1.807, 2.05) is 67.1 Å². The van der Waals surface area contributed by atoms with E-state index < -0.39 is 0 Å². The largest absolute Gasteiger partial charge is 0.269 e. The quantitative estimate of drug-likeness (QED) is 0.337. The van der Waals surface area contributed by atoms with Crippen molar-refractivity contribution in [3.05, 3.63) is 99.3 Å². The molecule has 9 heteroatoms. The number of halogens is 1. The summed E-state index contributed by atoms with van der Waals surface area (Å²) in [6.07, 6.45) is 5.25. The fourth-order valence-electron chi connectivity index (χ4n) is 3.51. The fourth-order valence-corrected chi connectivity index (χ4v) is 4.56. The smallest absolute Gasteiger partial charge is 0.258 e. The van der Waals surface area contributed by atoms with E-state index in [2.05, 4.69) is 20.2 Å². The van der Waals surface area contributed by atoms with Crippen LogP contribution in [0.25, 0.3) is 22.7 Å². The van der Waals surface area contributed by atoms with Gasteiger partial charge in [-0.3, -0.25) is 18.7 Å². The van der Waals surface area contributed by atoms with Gasteiger partial charge in [0.25, 0.3) is 5.56 Å². The topological polar surface area (TPSA) is 78.0 Å². The Kier molecular flexibility index (Phi) is 5.70. The summed E-state index contributed by atoms with van der Waals surface area (Å²) in [5.74, 6) is 1.11. The Morgan fingerprint density at radius 3 is 2.58 bits per heavy atom. The molecule has 0 unspecified atom stereocenters. The van der Waals surface area contributed by atoms with Gasteiger partial charge >= 0.3 is 0 Å². The van der Waals surface area contributed by atoms with Crippen LogP contribution < -0.4 is 5.56 Å². The number of hydrogen-bond donors (Lipinski definition) is 0. The van der Waals surface area contributed by atoms with Gasteiger partial charge in [0.2, 0.25) is 0 Å². The lowest BCUT2D eigenvalue weighted by Gasteiger charge is -2.12. The van der Waals surface area contributed by atoms with Crippen LogP contribution in [0.15, 0.2) is 77.1 Å². The van der Waals surface area contributed by atoms with Gasteiger partial charge in [0.15, 0.2) is 11.0 Å². The van der Waals surface area contributed by atoms with Gasteiger partial charge in [-0.1, -0.05) is 35.5 Å². The maximum absolute atomic E-state index is 12.7. The van der Waals surface area contributed by atoms with Crippen molar-refractivity contribution in [3.63, 3.8) is 0 Å². The summed E-state index contributed by atoms with van der Waals surface area (Å²) >= 11 is 7.97. The van der Waals surface area contributed by atoms with Gasteiger partial charge in [0, 0.05) is 36.0 Å². The third kappa shape index (κ3) is 4.15. The van der Waals surface area contributed by atoms with Gasteiger partial charge in [-0.05, 0) is 55.3 Å². The van der Waals surface area contributed by atoms with Crippen molar-refractivity contribution >= 4 is 29.0 Å². The molecule has 0 saturated heterocycles. The highest BCUT2D eigenvalue weighted by molar-refractivity contribution is 7.98. The summed E-state index contributed by atoms with van der Waals surface area (Å²) in [4.78, 5) is 21.4. The number of para-hydroxylation sites is 1. The Hall–Kier alpha value is -3.49. The van der Waals surface area contributed by atoms with Crippen LogP contribution in [0.2, 0.25) is 5.02 Å². The molecule has 4 heterocycles. The molecular weight excluding hydrogens is 456 g/mol. The van der Waals surface area contributed by atoms with Crippen LogP contribution >= 0.6 is 23.4 Å². The molecule has 7 nitrogen and oxygen atoms in total. The van der Waals surface area contributed by atoms with E-state index in [4.69, 9.17) is 11.6 Å². The van der Waals surface area contributed by atoms with Crippen LogP contribution in [-0.2, 0) is 5.75 Å². The second-order valence-corrected chi connectivity index (χ2v) is 8.92. The molecular formula is C24H19ClN6OS. The molecule has 5 rings (SSSR count). The van der Waals surface area contributed by atoms with Crippen molar-refractivity contribution in [2.75, 3.05) is 0 Å². The predicted molar refractivity (Wildman–Crippen MR) is 130 cm³/mol. The SMILES string of the molecule is Cc1cc2nc(CSc3nnc(-c4ccncc4)n3-c3ccccc3Cl)cc(=O)n2cc1C. The zero-order valence-electron chi connectivity index (χ0n) is 17.9. The molecule has 5 aromatic rings. The van der Waals surface area contributed by atoms with Crippen molar-refractivity contribution in [1.29, 1.82) is 0 Å². The number of nitrogens with zero attached hydrogens (tertiary/aromatic N) is 6. The van der Waals surface area contributed by atoms with Gasteiger partial charge in [-0.2, -0.15) is 0 Å². The zero-order chi connectivity index (χ0) is 22.9. The molecule has 164 valence electrons. The molecule has 0 aliphatic carbocycles. The number of rotatable bonds is 5. The third-order valence-corrected chi connectivity index (χ3v) is 6.62. The van der Waals surface area contributed by atoms with E-state index in [9.17, 15) is 4.79 Å². The van der Waals surface area contributed by atoms with Gasteiger partial charge in [0.05, 0.1) is 16.4 Å². The molecule has 0 amide bonds. The van der Waals surface area contributed by atoms with Gasteiger partial charge < -0.3 is 0 Å². The molecule has 0 aliphatic heterocycles. The summed E-state index contributed by atoms with van der Waals surface area (Å²) in [5.41, 5.74) is 4.98. The predicted octanol–water partition coefficient (Wildman–Crippen LogP) is 4.90. The van der Waals surface area contributed by atoms with Gasteiger partial charge in [-0.15, -0.1) is 10.2 Å². The van der Waals surface area contributed by atoms with Crippen LogP contribution in [-0.4, -0.2) is 29.1 Å². The van der Waals surface area contributed by atoms with Crippen molar-refractivity contribution < 1.29 is 0 Å². The van der Waals surface area contributed by atoms with E-state index in [0.717, 1.165) is 22.4 Å². The molecule has 4 aromatic heterocycles. The number of fused-ring (bicyclic) bond motifs is 1. The maximum atomic E-state index is 12.7. The molecule has 33 heavy (non-hydrogen) atoms. The number of pyridine rings is 2. The number of hydrogen-bond acceptors (Lipinski definition) is 6. The second-order valence-electron chi connectivity index (χ2n) is 7.57. The number of aromatic nitrogens is 6. The summed E-state index contributed by atoms with van der Waals surface area (Å²) in [5, 5.41) is 10.1. The van der Waals surface area contributed by atoms with E-state index in [-0.39, 0.29) is 5.56 Å². The highest BCUT2D eigenvalue weighted by Crippen LogP contribution is 2.32. The van der Waals surface area contributed by atoms with Crippen LogP contribution in [0, 0.1) is 13.8 Å². The van der Waals surface area contributed by atoms with Crippen molar-refractivity contribution in [2.45, 2.75) is 24.8 Å². The summed E-state index contributed by atoms with van der Waals surface area (Å²) in [7, 11) is 0. The van der Waals surface area contributed by atoms with E-state index in [1.54, 1.807) is 22.9 Å². The maximum Gasteiger partial charge on any atom is 0.258 e. The van der Waals surface area contributed by atoms with Crippen molar-refractivity contribution in [2.24, 2.45) is 0 Å². The Balaban J connectivity index is 1.54. The van der Waals surface area contributed by atoms with E-state index >= 15 is 0 Å². The zero-order valence-corrected chi connectivity index (χ0v) is 19.5. The molecule has 0 saturated carbocycles. The third-order valence-electron chi connectivity index (χ3n) is 5.34. The number of thioether (sulfide) groups is 1. The minimum absolute atomic E-state index is 0.108. The second kappa shape index (κ2) is 8.80. The monoisotopic (exact) mass is 474 g/mol. The summed E-state index contributed by atoms with van der Waals surface area (Å²) < 4.78 is 3.49. The number of aryl methyl sites for hydroxylation is 2. The van der Waals surface area contributed by atoms with Crippen molar-refractivity contribution in [1.82, 2.24) is 29.1 Å². The number of benzene rings is 1. The lowest BCUT2D eigenvalue weighted by atomic mass is 10.2. The molecule has 0 radical (unpaired) electrons. The minimum Gasteiger partial charge on any atom is -0.269 e. The van der Waals surface area contributed by atoms with Gasteiger partial charge in [0.1, 0.15) is 5.65 Å². The Labute approximate surface area is 199 Å². The Morgan fingerprint density at radius 2 is 1.79 bits per heavy atom. The molecule has 1 aromatic carbocycles. The first kappa shape index (κ1) is 21.4. The average molecular weight is 475 g/mol. The Bertz CT molecular complexity index is 1530. The van der Waals surface area contributed by atoms with E-state index in [1.165, 1.54) is 11.8 Å². The van der Waals surface area contributed by atoms with Crippen LogP contribution in [0.4, 0.5) is 0 Å². The van der Waals surface area contributed by atoms with Gasteiger partial charge in [-0.25, -0.2) is 4.98 Å². The first-order valence-corrected chi connectivity index (χ1v) is 11.6. The average Bonchev–Trinajstić information content (AvgIpc) is 3.24. The lowest BCUT2D eigenvalue weighted by molar-refractivity contribution is 0.884. The van der Waals surface area contributed by atoms with Crippen LogP contribution in [0.3, 0.4) is 0 Å². The normalized spacial score (nSPS) is 11.2. The molecule has 0 spiro atoms. The summed E-state index contributed by atoms with van der Waals surface area (Å²) in [6.45, 7) is 3.99. The standard InChI is InChI=1S/C24H19ClN6OS/c1-15-11-21-27-18(12-22(32)30(21)13-16(15)2)14-33-24-29-28-23(17-7-9-26-10-8-17)31(24)20-6-4-3-5-19(20)25/h3-13H,14H2,1-2H3. The highest BCUT2D eigenvalue weighted by Gasteiger charge is 2.18. The molecule has 0 atom stereocenters. The molecule has 0 aliphatic rings. The first-order chi connectivity index (χ1) is 16.0. The minimum atomic E-state index is -0.108. The lowest BCUT2D eigenvalue weighted by Crippen LogP contribution is -2.16. The molecule has 0 N–H and O–H groups in total. The summed E-state index contributed by atoms with van der Waals surface area (Å²) in [6, 6.07) is 14.8. The van der Waals surface area contributed by atoms with Crippen molar-refractivity contribution in [3.8, 4) is 17.1 Å². The highest BCUT2D eigenvalue weighted by atomic mass is 35.5. The molecule has 0 fully saturated rings. The van der Waals surface area contributed by atoms with E-state index in [0.29, 0.717) is 33.1 Å². The Morgan fingerprint density at radius 1 is 1.00 bits per heavy atom. The first-order valence-electron chi connectivity index (χ1n) is 10.2. The fraction of sp³-hybridized carbons (Fsp3) is 0.125. The van der Waals surface area contributed by atoms with Crippen LogP contribution in [0.5, 0.6) is 0 Å².